The molecule has 2 heterocycles. The van der Waals surface area contributed by atoms with E-state index in [1.807, 2.05) is 27.6 Å². The minimum Gasteiger partial charge on any atom is -0.490 e. The minimum atomic E-state index is 0.580. The van der Waals surface area contributed by atoms with Crippen molar-refractivity contribution in [1.29, 1.82) is 0 Å². The monoisotopic (exact) mass is 361 g/mol. The molecular formula is C15H16BrN5O. The number of benzene rings is 1. The van der Waals surface area contributed by atoms with Gasteiger partial charge in [-0.05, 0) is 46.8 Å². The second kappa shape index (κ2) is 5.72. The lowest BCUT2D eigenvalue weighted by Gasteiger charge is -2.09. The van der Waals surface area contributed by atoms with Gasteiger partial charge < -0.3 is 9.30 Å². The van der Waals surface area contributed by atoms with Crippen molar-refractivity contribution in [3.63, 3.8) is 0 Å². The van der Waals surface area contributed by atoms with Gasteiger partial charge in [0.25, 0.3) is 0 Å². The maximum absolute atomic E-state index is 5.85. The van der Waals surface area contributed by atoms with Gasteiger partial charge in [-0.25, -0.2) is 9.67 Å². The predicted molar refractivity (Wildman–Crippen MR) is 85.7 cm³/mol. The highest BCUT2D eigenvalue weighted by Crippen LogP contribution is 2.34. The molecule has 0 unspecified atom stereocenters. The van der Waals surface area contributed by atoms with Gasteiger partial charge in [-0.3, -0.25) is 0 Å². The standard InChI is InChI=1S/C15H16BrN5O/c16-14-13(22-8-7-20-6-5-17-10-20)4-3-12-15(14)18-19-21(12)9-11-1-2-11/h3-6,10-11H,1-2,7-9H2. The van der Waals surface area contributed by atoms with Crippen LogP contribution in [0, 0.1) is 5.92 Å². The van der Waals surface area contributed by atoms with Crippen molar-refractivity contribution in [3.05, 3.63) is 35.3 Å². The number of imidazole rings is 1. The molecule has 2 aromatic heterocycles. The Kier molecular flexibility index (Phi) is 3.57. The predicted octanol–water partition coefficient (Wildman–Crippen LogP) is 2.88. The van der Waals surface area contributed by atoms with E-state index in [-0.39, 0.29) is 0 Å². The lowest BCUT2D eigenvalue weighted by molar-refractivity contribution is 0.297. The zero-order valence-corrected chi connectivity index (χ0v) is 13.6. The maximum atomic E-state index is 5.85. The molecule has 0 saturated heterocycles. The highest BCUT2D eigenvalue weighted by molar-refractivity contribution is 9.10. The third-order valence-corrected chi connectivity index (χ3v) is 4.65. The number of rotatable bonds is 6. The van der Waals surface area contributed by atoms with Crippen LogP contribution in [-0.2, 0) is 13.1 Å². The van der Waals surface area contributed by atoms with Crippen LogP contribution in [0.5, 0.6) is 5.75 Å². The van der Waals surface area contributed by atoms with Gasteiger partial charge in [0.15, 0.2) is 0 Å². The largest absolute Gasteiger partial charge is 0.490 e. The third-order valence-electron chi connectivity index (χ3n) is 3.88. The van der Waals surface area contributed by atoms with Crippen LogP contribution in [0.15, 0.2) is 35.3 Å². The van der Waals surface area contributed by atoms with Gasteiger partial charge in [-0.2, -0.15) is 0 Å². The molecule has 0 aliphatic heterocycles. The maximum Gasteiger partial charge on any atom is 0.135 e. The Morgan fingerprint density at radius 3 is 3.00 bits per heavy atom. The van der Waals surface area contributed by atoms with Gasteiger partial charge in [-0.15, -0.1) is 5.10 Å². The van der Waals surface area contributed by atoms with E-state index in [1.54, 1.807) is 12.5 Å². The van der Waals surface area contributed by atoms with Crippen LogP contribution in [0.4, 0.5) is 0 Å². The highest BCUT2D eigenvalue weighted by Gasteiger charge is 2.23. The fourth-order valence-electron chi connectivity index (χ4n) is 2.46. The molecule has 7 heteroatoms. The molecule has 22 heavy (non-hydrogen) atoms. The van der Waals surface area contributed by atoms with Gasteiger partial charge in [0.1, 0.15) is 17.9 Å². The van der Waals surface area contributed by atoms with E-state index in [9.17, 15) is 0 Å². The highest BCUT2D eigenvalue weighted by atomic mass is 79.9. The Labute approximate surface area is 136 Å². The van der Waals surface area contributed by atoms with Crippen LogP contribution >= 0.6 is 15.9 Å². The number of halogens is 1. The van der Waals surface area contributed by atoms with E-state index in [2.05, 4.69) is 31.2 Å². The Morgan fingerprint density at radius 2 is 2.23 bits per heavy atom. The van der Waals surface area contributed by atoms with Crippen LogP contribution < -0.4 is 4.74 Å². The molecule has 0 atom stereocenters. The van der Waals surface area contributed by atoms with Crippen molar-refractivity contribution in [3.8, 4) is 5.75 Å². The number of hydrogen-bond acceptors (Lipinski definition) is 4. The molecule has 1 saturated carbocycles. The van der Waals surface area contributed by atoms with Crippen LogP contribution in [0.3, 0.4) is 0 Å². The van der Waals surface area contributed by atoms with Crippen LogP contribution in [-0.4, -0.2) is 31.2 Å². The van der Waals surface area contributed by atoms with Crippen molar-refractivity contribution in [2.75, 3.05) is 6.61 Å². The average Bonchev–Trinajstić information content (AvgIpc) is 3.01. The summed E-state index contributed by atoms with van der Waals surface area (Å²) in [6.45, 7) is 2.30. The van der Waals surface area contributed by atoms with E-state index in [1.165, 1.54) is 12.8 Å². The molecule has 0 amide bonds. The first-order valence-electron chi connectivity index (χ1n) is 7.41. The summed E-state index contributed by atoms with van der Waals surface area (Å²) in [7, 11) is 0. The van der Waals surface area contributed by atoms with Gasteiger partial charge in [0.2, 0.25) is 0 Å². The summed E-state index contributed by atoms with van der Waals surface area (Å²) in [6.07, 6.45) is 8.08. The quantitative estimate of drug-likeness (QED) is 0.677. The summed E-state index contributed by atoms with van der Waals surface area (Å²) < 4.78 is 10.7. The molecule has 0 bridgehead atoms. The van der Waals surface area contributed by atoms with E-state index in [0.29, 0.717) is 6.61 Å². The minimum absolute atomic E-state index is 0.580. The van der Waals surface area contributed by atoms with Crippen molar-refractivity contribution in [2.45, 2.75) is 25.9 Å². The number of hydrogen-bond donors (Lipinski definition) is 0. The van der Waals surface area contributed by atoms with Gasteiger partial charge in [0, 0.05) is 18.9 Å². The Hall–Kier alpha value is -1.89. The molecule has 1 aliphatic rings. The summed E-state index contributed by atoms with van der Waals surface area (Å²) in [5, 5.41) is 8.56. The molecule has 1 fully saturated rings. The van der Waals surface area contributed by atoms with Crippen molar-refractivity contribution in [1.82, 2.24) is 24.5 Å². The Bertz CT molecular complexity index is 779. The van der Waals surface area contributed by atoms with Gasteiger partial charge in [0.05, 0.1) is 22.9 Å². The topological polar surface area (TPSA) is 57.8 Å². The molecule has 0 radical (unpaired) electrons. The second-order valence-electron chi connectivity index (χ2n) is 5.61. The SMILES string of the molecule is Brc1c(OCCn2ccnc2)ccc2c1nnn2CC1CC1. The number of fused-ring (bicyclic) bond motifs is 1. The zero-order chi connectivity index (χ0) is 14.9. The molecule has 114 valence electrons. The van der Waals surface area contributed by atoms with Gasteiger partial charge in [-0.1, -0.05) is 5.21 Å². The first-order chi connectivity index (χ1) is 10.8. The second-order valence-corrected chi connectivity index (χ2v) is 6.40. The molecule has 0 spiro atoms. The number of nitrogens with zero attached hydrogens (tertiary/aromatic N) is 5. The molecular weight excluding hydrogens is 346 g/mol. The molecule has 0 N–H and O–H groups in total. The lowest BCUT2D eigenvalue weighted by atomic mass is 10.3. The van der Waals surface area contributed by atoms with Crippen molar-refractivity contribution < 1.29 is 4.74 Å². The third kappa shape index (κ3) is 2.72. The van der Waals surface area contributed by atoms with Crippen molar-refractivity contribution in [2.24, 2.45) is 5.92 Å². The van der Waals surface area contributed by atoms with Gasteiger partial charge >= 0.3 is 0 Å². The first kappa shape index (κ1) is 13.8. The van der Waals surface area contributed by atoms with Crippen LogP contribution in [0.1, 0.15) is 12.8 Å². The molecule has 6 nitrogen and oxygen atoms in total. The zero-order valence-electron chi connectivity index (χ0n) is 12.0. The van der Waals surface area contributed by atoms with E-state index in [4.69, 9.17) is 4.74 Å². The Morgan fingerprint density at radius 1 is 1.32 bits per heavy atom. The number of ether oxygens (including phenoxy) is 1. The molecule has 4 rings (SSSR count). The summed E-state index contributed by atoms with van der Waals surface area (Å²) in [5.74, 6) is 1.57. The lowest BCUT2D eigenvalue weighted by Crippen LogP contribution is -2.07. The molecule has 1 aromatic carbocycles. The van der Waals surface area contributed by atoms with E-state index < -0.39 is 0 Å². The smallest absolute Gasteiger partial charge is 0.135 e. The van der Waals surface area contributed by atoms with Crippen molar-refractivity contribution >= 4 is 27.0 Å². The normalized spacial score (nSPS) is 14.6. The molecule has 1 aliphatic carbocycles. The summed E-state index contributed by atoms with van der Waals surface area (Å²) >= 11 is 3.60. The first-order valence-corrected chi connectivity index (χ1v) is 8.21. The number of aromatic nitrogens is 5. The average molecular weight is 362 g/mol. The Balaban J connectivity index is 1.50. The molecule has 3 aromatic rings. The summed E-state index contributed by atoms with van der Waals surface area (Å²) in [4.78, 5) is 4.01. The van der Waals surface area contributed by atoms with Crippen LogP contribution in [0.2, 0.25) is 0 Å². The fraction of sp³-hybridized carbons (Fsp3) is 0.400. The fourth-order valence-corrected chi connectivity index (χ4v) is 2.99. The van der Waals surface area contributed by atoms with Crippen LogP contribution in [0.25, 0.3) is 11.0 Å². The summed E-state index contributed by atoms with van der Waals surface area (Å²) in [5.41, 5.74) is 1.92. The summed E-state index contributed by atoms with van der Waals surface area (Å²) in [6, 6.07) is 4.02. The van der Waals surface area contributed by atoms with E-state index >= 15 is 0 Å². The van der Waals surface area contributed by atoms with E-state index in [0.717, 1.165) is 40.3 Å².